The maximum atomic E-state index is 13.1. The van der Waals surface area contributed by atoms with Crippen molar-refractivity contribution in [1.82, 2.24) is 14.9 Å². The van der Waals surface area contributed by atoms with Crippen LogP contribution >= 0.6 is 15.9 Å². The van der Waals surface area contributed by atoms with E-state index in [-0.39, 0.29) is 17.4 Å². The van der Waals surface area contributed by atoms with E-state index < -0.39 is 0 Å². The third-order valence-corrected chi connectivity index (χ3v) is 6.49. The van der Waals surface area contributed by atoms with Crippen molar-refractivity contribution < 1.29 is 4.79 Å². The Hall–Kier alpha value is -1.17. The number of hydrogen-bond acceptors (Lipinski definition) is 4. The van der Waals surface area contributed by atoms with Crippen LogP contribution < -0.4 is 5.73 Å². The van der Waals surface area contributed by atoms with Crippen LogP contribution in [0.3, 0.4) is 0 Å². The molecule has 6 heteroatoms. The Balaban J connectivity index is 1.63. The normalized spacial score (nSPS) is 34.6. The molecule has 0 spiro atoms. The summed E-state index contributed by atoms with van der Waals surface area (Å²) in [5.74, 6) is 3.29. The number of rotatable bonds is 3. The van der Waals surface area contributed by atoms with Gasteiger partial charge < -0.3 is 10.6 Å². The van der Waals surface area contributed by atoms with E-state index in [1.54, 1.807) is 0 Å². The smallest absolute Gasteiger partial charge is 0.276 e. The zero-order valence-electron chi connectivity index (χ0n) is 13.4. The van der Waals surface area contributed by atoms with Crippen LogP contribution in [0.25, 0.3) is 0 Å². The molecule has 4 aliphatic rings. The molecule has 0 aromatic carbocycles. The van der Waals surface area contributed by atoms with E-state index in [4.69, 9.17) is 5.73 Å². The molecule has 23 heavy (non-hydrogen) atoms. The minimum absolute atomic E-state index is 0.0590. The SMILES string of the molecule is CCN(C(=O)c1nc(Br)cnc1N)C1C2CC3CC(C2)CC1C3. The van der Waals surface area contributed by atoms with Gasteiger partial charge in [0.2, 0.25) is 0 Å². The van der Waals surface area contributed by atoms with Crippen molar-refractivity contribution in [2.45, 2.75) is 45.1 Å². The molecule has 4 fully saturated rings. The zero-order chi connectivity index (χ0) is 16.1. The number of amides is 1. The predicted octanol–water partition coefficient (Wildman–Crippen LogP) is 3.11. The Labute approximate surface area is 145 Å². The highest BCUT2D eigenvalue weighted by Gasteiger charge is 2.51. The fourth-order valence-corrected chi connectivity index (χ4v) is 5.85. The van der Waals surface area contributed by atoms with Crippen LogP contribution in [0.2, 0.25) is 0 Å². The number of anilines is 1. The maximum absolute atomic E-state index is 13.1. The monoisotopic (exact) mass is 378 g/mol. The number of carbonyl (C=O) groups is 1. The van der Waals surface area contributed by atoms with Crippen molar-refractivity contribution in [3.8, 4) is 0 Å². The summed E-state index contributed by atoms with van der Waals surface area (Å²) in [5, 5.41) is 0. The van der Waals surface area contributed by atoms with Crippen molar-refractivity contribution in [2.75, 3.05) is 12.3 Å². The molecule has 1 heterocycles. The summed E-state index contributed by atoms with van der Waals surface area (Å²) in [4.78, 5) is 23.5. The van der Waals surface area contributed by atoms with Gasteiger partial charge in [0.1, 0.15) is 4.60 Å². The fraction of sp³-hybridized carbons (Fsp3) is 0.706. The summed E-state index contributed by atoms with van der Waals surface area (Å²) < 4.78 is 0.552. The molecule has 2 N–H and O–H groups in total. The van der Waals surface area contributed by atoms with E-state index in [1.165, 1.54) is 38.3 Å². The average Bonchev–Trinajstić information content (AvgIpc) is 2.52. The van der Waals surface area contributed by atoms with Gasteiger partial charge in [0.25, 0.3) is 5.91 Å². The number of aromatic nitrogens is 2. The van der Waals surface area contributed by atoms with Gasteiger partial charge in [-0.1, -0.05) is 0 Å². The van der Waals surface area contributed by atoms with Gasteiger partial charge >= 0.3 is 0 Å². The van der Waals surface area contributed by atoms with Gasteiger partial charge in [0.15, 0.2) is 11.5 Å². The van der Waals surface area contributed by atoms with E-state index in [1.807, 2.05) is 4.90 Å². The van der Waals surface area contributed by atoms with Crippen LogP contribution in [-0.4, -0.2) is 33.4 Å². The first-order chi connectivity index (χ1) is 11.1. The standard InChI is InChI=1S/C17H23BrN4O/c1-2-22(17(23)14-16(19)20-8-13(18)21-14)15-11-4-9-3-10(6-11)7-12(15)5-9/h8-12,15H,2-7H2,1H3,(H2,19,20). The lowest BCUT2D eigenvalue weighted by atomic mass is 9.54. The number of nitrogens with two attached hydrogens (primary N) is 1. The van der Waals surface area contributed by atoms with Crippen molar-refractivity contribution in [2.24, 2.45) is 23.7 Å². The molecule has 4 aliphatic carbocycles. The Kier molecular flexibility index (Phi) is 3.82. The minimum atomic E-state index is -0.0590. The van der Waals surface area contributed by atoms with E-state index in [0.29, 0.717) is 29.0 Å². The Morgan fingerprint density at radius 2 is 1.87 bits per heavy atom. The third kappa shape index (κ3) is 2.55. The first-order valence-electron chi connectivity index (χ1n) is 8.65. The second-order valence-electron chi connectivity index (χ2n) is 7.44. The van der Waals surface area contributed by atoms with Crippen LogP contribution in [0.4, 0.5) is 5.82 Å². The van der Waals surface area contributed by atoms with Gasteiger partial charge in [-0.3, -0.25) is 4.79 Å². The molecular formula is C17H23BrN4O. The summed E-state index contributed by atoms with van der Waals surface area (Å²) >= 11 is 3.29. The lowest BCUT2D eigenvalue weighted by Gasteiger charge is -2.57. The molecule has 0 aliphatic heterocycles. The van der Waals surface area contributed by atoms with Crippen molar-refractivity contribution >= 4 is 27.7 Å². The highest BCUT2D eigenvalue weighted by atomic mass is 79.9. The highest BCUT2D eigenvalue weighted by Crippen LogP contribution is 2.55. The van der Waals surface area contributed by atoms with Gasteiger partial charge in [0.05, 0.1) is 6.20 Å². The number of halogens is 1. The molecule has 0 saturated heterocycles. The molecule has 5 nitrogen and oxygen atoms in total. The summed E-state index contributed by atoms with van der Waals surface area (Å²) in [6.07, 6.45) is 8.12. The quantitative estimate of drug-likeness (QED) is 0.876. The summed E-state index contributed by atoms with van der Waals surface area (Å²) in [7, 11) is 0. The highest BCUT2D eigenvalue weighted by molar-refractivity contribution is 9.10. The predicted molar refractivity (Wildman–Crippen MR) is 91.7 cm³/mol. The van der Waals surface area contributed by atoms with Gasteiger partial charge in [0, 0.05) is 12.6 Å². The van der Waals surface area contributed by atoms with E-state index in [2.05, 4.69) is 32.8 Å². The van der Waals surface area contributed by atoms with Gasteiger partial charge in [-0.05, 0) is 78.6 Å². The summed E-state index contributed by atoms with van der Waals surface area (Å²) in [5.41, 5.74) is 6.20. The molecule has 5 rings (SSSR count). The van der Waals surface area contributed by atoms with Crippen LogP contribution in [0.1, 0.15) is 49.5 Å². The first kappa shape index (κ1) is 15.4. The second kappa shape index (κ2) is 5.72. The molecule has 0 radical (unpaired) electrons. The molecule has 0 unspecified atom stereocenters. The van der Waals surface area contributed by atoms with E-state index in [9.17, 15) is 4.79 Å². The van der Waals surface area contributed by atoms with Gasteiger partial charge in [-0.25, -0.2) is 9.97 Å². The second-order valence-corrected chi connectivity index (χ2v) is 8.25. The molecule has 1 aromatic rings. The van der Waals surface area contributed by atoms with Crippen LogP contribution in [-0.2, 0) is 0 Å². The van der Waals surface area contributed by atoms with Crippen LogP contribution in [0.15, 0.2) is 10.8 Å². The number of hydrogen-bond donors (Lipinski definition) is 1. The van der Waals surface area contributed by atoms with Crippen molar-refractivity contribution in [3.63, 3.8) is 0 Å². The Morgan fingerprint density at radius 3 is 2.43 bits per heavy atom. The average molecular weight is 379 g/mol. The van der Waals surface area contributed by atoms with Crippen LogP contribution in [0.5, 0.6) is 0 Å². The number of nitrogen functional groups attached to an aromatic ring is 1. The fourth-order valence-electron chi connectivity index (χ4n) is 5.57. The first-order valence-corrected chi connectivity index (χ1v) is 9.45. The molecule has 124 valence electrons. The van der Waals surface area contributed by atoms with E-state index in [0.717, 1.165) is 11.8 Å². The van der Waals surface area contributed by atoms with Gasteiger partial charge in [-0.2, -0.15) is 0 Å². The number of carbonyl (C=O) groups excluding carboxylic acids is 1. The minimum Gasteiger partial charge on any atom is -0.382 e. The maximum Gasteiger partial charge on any atom is 0.276 e. The largest absolute Gasteiger partial charge is 0.382 e. The summed E-state index contributed by atoms with van der Waals surface area (Å²) in [6, 6.07) is 0.362. The zero-order valence-corrected chi connectivity index (χ0v) is 15.0. The molecule has 1 amide bonds. The van der Waals surface area contributed by atoms with Crippen molar-refractivity contribution in [3.05, 3.63) is 16.5 Å². The summed E-state index contributed by atoms with van der Waals surface area (Å²) in [6.45, 7) is 2.77. The molecule has 4 saturated carbocycles. The lowest BCUT2D eigenvalue weighted by molar-refractivity contribution is -0.0545. The Morgan fingerprint density at radius 1 is 1.26 bits per heavy atom. The molecule has 0 atom stereocenters. The van der Waals surface area contributed by atoms with Crippen molar-refractivity contribution in [1.29, 1.82) is 0 Å². The Bertz CT molecular complexity index is 607. The lowest BCUT2D eigenvalue weighted by Crippen LogP contribution is -2.57. The molecule has 4 bridgehead atoms. The number of nitrogens with zero attached hydrogens (tertiary/aromatic N) is 3. The molecule has 1 aromatic heterocycles. The topological polar surface area (TPSA) is 72.1 Å². The van der Waals surface area contributed by atoms with Crippen LogP contribution in [0, 0.1) is 23.7 Å². The van der Waals surface area contributed by atoms with E-state index >= 15 is 0 Å². The third-order valence-electron chi connectivity index (χ3n) is 6.11. The van der Waals surface area contributed by atoms with Gasteiger partial charge in [-0.15, -0.1) is 0 Å². The molecular weight excluding hydrogens is 356 g/mol.